The summed E-state index contributed by atoms with van der Waals surface area (Å²) < 4.78 is 15.4. The number of hydrogen-bond acceptors (Lipinski definition) is 7. The number of benzene rings is 1. The number of ether oxygens (including phenoxy) is 2. The predicted molar refractivity (Wildman–Crippen MR) is 89.8 cm³/mol. The van der Waals surface area contributed by atoms with Crippen molar-refractivity contribution in [3.05, 3.63) is 47.2 Å². The van der Waals surface area contributed by atoms with Gasteiger partial charge in [0.1, 0.15) is 12.6 Å². The standard InChI is InChI=1S/C16H18N2O6.ClH/c1-2-22-14-11(8-12(17)15(19)20)13(24-18-14)16(21)23-9-10-6-4-3-5-7-10;/h3-7,12H,2,8-9,17H2,1H3,(H,19,20);1H/t12-;/m0./s1. The number of halogens is 1. The maximum atomic E-state index is 12.2. The fourth-order valence-electron chi connectivity index (χ4n) is 1.98. The third-order valence-electron chi connectivity index (χ3n) is 3.17. The van der Waals surface area contributed by atoms with Crippen LogP contribution in [0.1, 0.15) is 28.6 Å². The minimum atomic E-state index is -1.22. The molecular formula is C16H19ClN2O6. The molecule has 0 bridgehead atoms. The summed E-state index contributed by atoms with van der Waals surface area (Å²) in [6.45, 7) is 2.05. The molecule has 9 heteroatoms. The highest BCUT2D eigenvalue weighted by atomic mass is 35.5. The van der Waals surface area contributed by atoms with E-state index in [4.69, 9.17) is 24.8 Å². The van der Waals surface area contributed by atoms with Crippen LogP contribution in [0.5, 0.6) is 5.88 Å². The number of carboxylic acids is 1. The molecule has 1 aromatic heterocycles. The van der Waals surface area contributed by atoms with Gasteiger partial charge in [-0.25, -0.2) is 4.79 Å². The molecule has 1 aromatic carbocycles. The average Bonchev–Trinajstić information content (AvgIpc) is 2.96. The van der Waals surface area contributed by atoms with E-state index in [1.807, 2.05) is 18.2 Å². The molecule has 3 N–H and O–H groups in total. The molecule has 0 spiro atoms. The number of aromatic nitrogens is 1. The topological polar surface area (TPSA) is 125 Å². The molecule has 0 radical (unpaired) electrons. The normalized spacial score (nSPS) is 11.3. The Morgan fingerprint density at radius 3 is 2.60 bits per heavy atom. The van der Waals surface area contributed by atoms with E-state index >= 15 is 0 Å². The van der Waals surface area contributed by atoms with Gasteiger partial charge in [0.2, 0.25) is 0 Å². The lowest BCUT2D eigenvalue weighted by Gasteiger charge is -2.08. The van der Waals surface area contributed by atoms with Gasteiger partial charge in [0.15, 0.2) is 0 Å². The Bertz CT molecular complexity index is 704. The summed E-state index contributed by atoms with van der Waals surface area (Å²) in [6.07, 6.45) is -0.163. The Kier molecular flexibility index (Phi) is 7.90. The monoisotopic (exact) mass is 370 g/mol. The summed E-state index contributed by atoms with van der Waals surface area (Å²) in [6, 6.07) is 7.89. The van der Waals surface area contributed by atoms with Gasteiger partial charge in [-0.1, -0.05) is 30.3 Å². The van der Waals surface area contributed by atoms with Crippen molar-refractivity contribution in [3.63, 3.8) is 0 Å². The van der Waals surface area contributed by atoms with Crippen molar-refractivity contribution in [2.45, 2.75) is 26.0 Å². The summed E-state index contributed by atoms with van der Waals surface area (Å²) in [5, 5.41) is 12.6. The van der Waals surface area contributed by atoms with Gasteiger partial charge in [-0.05, 0) is 17.6 Å². The second-order valence-corrected chi connectivity index (χ2v) is 4.94. The molecule has 2 aromatic rings. The molecule has 0 unspecified atom stereocenters. The van der Waals surface area contributed by atoms with E-state index in [1.54, 1.807) is 19.1 Å². The molecule has 0 amide bonds. The summed E-state index contributed by atoms with van der Waals surface area (Å²) >= 11 is 0. The Balaban J connectivity index is 0.00000312. The minimum absolute atomic E-state index is 0. The smallest absolute Gasteiger partial charge is 0.377 e. The van der Waals surface area contributed by atoms with Crippen molar-refractivity contribution in [3.8, 4) is 5.88 Å². The molecule has 25 heavy (non-hydrogen) atoms. The second-order valence-electron chi connectivity index (χ2n) is 4.94. The summed E-state index contributed by atoms with van der Waals surface area (Å²) in [5.41, 5.74) is 6.52. The Morgan fingerprint density at radius 2 is 2.00 bits per heavy atom. The van der Waals surface area contributed by atoms with E-state index in [9.17, 15) is 9.59 Å². The number of nitrogens with two attached hydrogens (primary N) is 1. The molecule has 0 aliphatic carbocycles. The first-order chi connectivity index (χ1) is 11.5. The SMILES string of the molecule is CCOc1noc(C(=O)OCc2ccccc2)c1C[C@H](N)C(=O)O.Cl. The molecular weight excluding hydrogens is 352 g/mol. The number of hydrogen-bond donors (Lipinski definition) is 2. The highest BCUT2D eigenvalue weighted by Gasteiger charge is 2.28. The van der Waals surface area contributed by atoms with Crippen LogP contribution in [0, 0.1) is 0 Å². The third kappa shape index (κ3) is 5.47. The van der Waals surface area contributed by atoms with Crippen LogP contribution < -0.4 is 10.5 Å². The lowest BCUT2D eigenvalue weighted by Crippen LogP contribution is -2.32. The van der Waals surface area contributed by atoms with Gasteiger partial charge in [0, 0.05) is 6.42 Å². The van der Waals surface area contributed by atoms with Crippen LogP contribution in [0.4, 0.5) is 0 Å². The Morgan fingerprint density at radius 1 is 1.32 bits per heavy atom. The quantitative estimate of drug-likeness (QED) is 0.674. The predicted octanol–water partition coefficient (Wildman–Crippen LogP) is 1.81. The molecule has 8 nitrogen and oxygen atoms in total. The van der Waals surface area contributed by atoms with Crippen LogP contribution in [0.2, 0.25) is 0 Å². The molecule has 0 saturated heterocycles. The molecule has 1 heterocycles. The van der Waals surface area contributed by atoms with Crippen molar-refractivity contribution in [1.29, 1.82) is 0 Å². The summed E-state index contributed by atoms with van der Waals surface area (Å²) in [5.74, 6) is -2.13. The van der Waals surface area contributed by atoms with Crippen molar-refractivity contribution < 1.29 is 28.7 Å². The van der Waals surface area contributed by atoms with Crippen LogP contribution in [-0.4, -0.2) is 34.9 Å². The van der Waals surface area contributed by atoms with Crippen molar-refractivity contribution >= 4 is 24.3 Å². The van der Waals surface area contributed by atoms with E-state index < -0.39 is 18.0 Å². The second kappa shape index (κ2) is 9.65. The van der Waals surface area contributed by atoms with E-state index in [0.717, 1.165) is 5.56 Å². The van der Waals surface area contributed by atoms with Crippen molar-refractivity contribution in [2.24, 2.45) is 5.73 Å². The highest BCUT2D eigenvalue weighted by Crippen LogP contribution is 2.24. The molecule has 0 fully saturated rings. The van der Waals surface area contributed by atoms with Crippen LogP contribution in [0.15, 0.2) is 34.9 Å². The number of carbonyl (C=O) groups is 2. The maximum absolute atomic E-state index is 12.2. The first-order valence-electron chi connectivity index (χ1n) is 7.33. The van der Waals surface area contributed by atoms with Gasteiger partial charge in [-0.2, -0.15) is 0 Å². The summed E-state index contributed by atoms with van der Waals surface area (Å²) in [4.78, 5) is 23.2. The zero-order valence-electron chi connectivity index (χ0n) is 13.5. The van der Waals surface area contributed by atoms with E-state index in [2.05, 4.69) is 5.16 Å². The first-order valence-corrected chi connectivity index (χ1v) is 7.33. The van der Waals surface area contributed by atoms with Gasteiger partial charge in [-0.3, -0.25) is 4.79 Å². The molecule has 1 atom stereocenters. The molecule has 0 aliphatic rings. The van der Waals surface area contributed by atoms with E-state index in [1.165, 1.54) is 0 Å². The van der Waals surface area contributed by atoms with Crippen LogP contribution in [0.3, 0.4) is 0 Å². The van der Waals surface area contributed by atoms with Gasteiger partial charge in [-0.15, -0.1) is 12.4 Å². The fraction of sp³-hybridized carbons (Fsp3) is 0.312. The van der Waals surface area contributed by atoms with Crippen molar-refractivity contribution in [2.75, 3.05) is 6.61 Å². The molecule has 0 saturated carbocycles. The van der Waals surface area contributed by atoms with Crippen LogP contribution >= 0.6 is 12.4 Å². The number of carboxylic acid groups (broad SMARTS) is 1. The van der Waals surface area contributed by atoms with E-state index in [0.29, 0.717) is 0 Å². The molecule has 2 rings (SSSR count). The van der Waals surface area contributed by atoms with Gasteiger partial charge < -0.3 is 24.8 Å². The van der Waals surface area contributed by atoms with Gasteiger partial charge in [0.25, 0.3) is 11.6 Å². The lowest BCUT2D eigenvalue weighted by molar-refractivity contribution is -0.138. The fourth-order valence-corrected chi connectivity index (χ4v) is 1.98. The van der Waals surface area contributed by atoms with Gasteiger partial charge >= 0.3 is 11.9 Å². The summed E-state index contributed by atoms with van der Waals surface area (Å²) in [7, 11) is 0. The third-order valence-corrected chi connectivity index (χ3v) is 3.17. The molecule has 136 valence electrons. The Hall–Kier alpha value is -2.58. The van der Waals surface area contributed by atoms with Crippen molar-refractivity contribution in [1.82, 2.24) is 5.16 Å². The van der Waals surface area contributed by atoms with Crippen LogP contribution in [0.25, 0.3) is 0 Å². The lowest BCUT2D eigenvalue weighted by atomic mass is 10.1. The number of nitrogens with zero attached hydrogens (tertiary/aromatic N) is 1. The van der Waals surface area contributed by atoms with Gasteiger partial charge in [0.05, 0.1) is 12.2 Å². The van der Waals surface area contributed by atoms with E-state index in [-0.39, 0.29) is 49.2 Å². The Labute approximate surface area is 150 Å². The maximum Gasteiger partial charge on any atom is 0.377 e. The number of carbonyl (C=O) groups excluding carboxylic acids is 1. The average molecular weight is 371 g/mol. The number of aliphatic carboxylic acids is 1. The zero-order valence-corrected chi connectivity index (χ0v) is 14.3. The van der Waals surface area contributed by atoms with Crippen LogP contribution in [-0.2, 0) is 22.6 Å². The number of rotatable bonds is 8. The number of esters is 1. The largest absolute Gasteiger partial charge is 0.480 e. The molecule has 0 aliphatic heterocycles. The highest BCUT2D eigenvalue weighted by molar-refractivity contribution is 5.89. The minimum Gasteiger partial charge on any atom is -0.480 e. The zero-order chi connectivity index (χ0) is 17.5. The first kappa shape index (κ1) is 20.5.